The van der Waals surface area contributed by atoms with Crippen molar-refractivity contribution in [2.45, 2.75) is 38.8 Å². The molecule has 2 N–H and O–H groups in total. The van der Waals surface area contributed by atoms with Gasteiger partial charge >= 0.3 is 6.03 Å². The molecule has 0 saturated carbocycles. The lowest BCUT2D eigenvalue weighted by Gasteiger charge is -2.28. The summed E-state index contributed by atoms with van der Waals surface area (Å²) in [7, 11) is 0. The largest absolute Gasteiger partial charge is 0.336 e. The van der Waals surface area contributed by atoms with Crippen molar-refractivity contribution in [2.75, 3.05) is 6.54 Å². The van der Waals surface area contributed by atoms with Gasteiger partial charge in [0.15, 0.2) is 0 Å². The van der Waals surface area contributed by atoms with Crippen LogP contribution in [0.1, 0.15) is 33.3 Å². The van der Waals surface area contributed by atoms with Crippen LogP contribution in [0.4, 0.5) is 4.79 Å². The smallest absolute Gasteiger partial charge is 0.325 e. The molecule has 1 aliphatic rings. The van der Waals surface area contributed by atoms with Crippen molar-refractivity contribution in [1.82, 2.24) is 15.5 Å². The molecule has 2 aromatic carbocycles. The number of fused-ring (bicyclic) bond motifs is 1. The van der Waals surface area contributed by atoms with Crippen LogP contribution in [0.2, 0.25) is 0 Å². The number of benzene rings is 2. The monoisotopic (exact) mass is 392 g/mol. The summed E-state index contributed by atoms with van der Waals surface area (Å²) in [5, 5.41) is 16.7. The van der Waals surface area contributed by atoms with E-state index in [9.17, 15) is 19.6 Å². The predicted octanol–water partition coefficient (Wildman–Crippen LogP) is 2.66. The van der Waals surface area contributed by atoms with Gasteiger partial charge in [-0.1, -0.05) is 50.2 Å². The van der Waals surface area contributed by atoms with Crippen LogP contribution >= 0.6 is 0 Å². The van der Waals surface area contributed by atoms with Crippen LogP contribution < -0.4 is 10.6 Å². The van der Waals surface area contributed by atoms with Gasteiger partial charge in [-0.25, -0.2) is 4.79 Å². The van der Waals surface area contributed by atoms with Gasteiger partial charge in [-0.15, -0.1) is 0 Å². The summed E-state index contributed by atoms with van der Waals surface area (Å²) in [4.78, 5) is 38.9. The molecule has 7 heteroatoms. The zero-order valence-electron chi connectivity index (χ0n) is 16.9. The SMILES string of the molecule is CC(C)[C@@](C)(C#N)NC(=O)CN1C(=O)N[C@@](C)(c2ccc3ccccc3c2)C1=O. The maximum atomic E-state index is 13.1. The van der Waals surface area contributed by atoms with Crippen molar-refractivity contribution in [2.24, 2.45) is 5.92 Å². The Labute approximate surface area is 169 Å². The molecule has 0 spiro atoms. The first kappa shape index (κ1) is 20.3. The highest BCUT2D eigenvalue weighted by molar-refractivity contribution is 6.09. The Morgan fingerprint density at radius 1 is 1.24 bits per heavy atom. The molecule has 1 aliphatic heterocycles. The summed E-state index contributed by atoms with van der Waals surface area (Å²) in [6.45, 7) is 6.42. The highest BCUT2D eigenvalue weighted by atomic mass is 16.2. The van der Waals surface area contributed by atoms with Gasteiger partial charge in [-0.2, -0.15) is 5.26 Å². The number of rotatable bonds is 5. The van der Waals surface area contributed by atoms with Gasteiger partial charge in [0.25, 0.3) is 5.91 Å². The molecular weight excluding hydrogens is 368 g/mol. The zero-order valence-corrected chi connectivity index (χ0v) is 16.9. The Hall–Kier alpha value is -3.40. The lowest BCUT2D eigenvalue weighted by molar-refractivity contribution is -0.135. The van der Waals surface area contributed by atoms with Gasteiger partial charge in [0.05, 0.1) is 6.07 Å². The minimum atomic E-state index is -1.27. The van der Waals surface area contributed by atoms with Gasteiger partial charge in [-0.3, -0.25) is 14.5 Å². The molecule has 2 atom stereocenters. The topological polar surface area (TPSA) is 102 Å². The summed E-state index contributed by atoms with van der Waals surface area (Å²) in [6.07, 6.45) is 0. The first-order valence-electron chi connectivity index (χ1n) is 9.46. The number of urea groups is 1. The van der Waals surface area contributed by atoms with Crippen LogP contribution in [0.3, 0.4) is 0 Å². The van der Waals surface area contributed by atoms with Gasteiger partial charge in [0, 0.05) is 0 Å². The second-order valence-corrected chi connectivity index (χ2v) is 8.03. The van der Waals surface area contributed by atoms with Crippen molar-refractivity contribution in [3.8, 4) is 6.07 Å². The summed E-state index contributed by atoms with van der Waals surface area (Å²) < 4.78 is 0. The number of nitrogens with zero attached hydrogens (tertiary/aromatic N) is 2. The number of carbonyl (C=O) groups excluding carboxylic acids is 3. The average molecular weight is 392 g/mol. The molecule has 0 radical (unpaired) electrons. The lowest BCUT2D eigenvalue weighted by atomic mass is 9.89. The molecular formula is C22H24N4O3. The molecule has 4 amide bonds. The summed E-state index contributed by atoms with van der Waals surface area (Å²) in [5.41, 5.74) is -1.71. The van der Waals surface area contributed by atoms with Gasteiger partial charge in [0.1, 0.15) is 17.6 Å². The van der Waals surface area contributed by atoms with E-state index >= 15 is 0 Å². The third-order valence-corrected chi connectivity index (χ3v) is 5.69. The number of amides is 4. The maximum absolute atomic E-state index is 13.1. The van der Waals surface area contributed by atoms with E-state index in [0.717, 1.165) is 15.7 Å². The molecule has 1 saturated heterocycles. The molecule has 150 valence electrons. The van der Waals surface area contributed by atoms with E-state index in [-0.39, 0.29) is 5.92 Å². The number of imide groups is 1. The van der Waals surface area contributed by atoms with Crippen molar-refractivity contribution < 1.29 is 14.4 Å². The van der Waals surface area contributed by atoms with E-state index in [4.69, 9.17) is 0 Å². The van der Waals surface area contributed by atoms with Crippen molar-refractivity contribution >= 4 is 28.6 Å². The number of carbonyl (C=O) groups is 3. The molecule has 2 aromatic rings. The maximum Gasteiger partial charge on any atom is 0.325 e. The van der Waals surface area contributed by atoms with E-state index in [1.54, 1.807) is 19.9 Å². The van der Waals surface area contributed by atoms with Gasteiger partial charge in [-0.05, 0) is 42.2 Å². The molecule has 1 fully saturated rings. The first-order chi connectivity index (χ1) is 13.6. The first-order valence-corrected chi connectivity index (χ1v) is 9.46. The molecule has 0 aromatic heterocycles. The van der Waals surface area contributed by atoms with Gasteiger partial charge < -0.3 is 10.6 Å². The Kier molecular flexibility index (Phi) is 5.05. The molecule has 29 heavy (non-hydrogen) atoms. The molecule has 1 heterocycles. The van der Waals surface area contributed by atoms with Crippen molar-refractivity contribution in [3.63, 3.8) is 0 Å². The second-order valence-electron chi connectivity index (χ2n) is 8.03. The number of hydrogen-bond acceptors (Lipinski definition) is 4. The Morgan fingerprint density at radius 2 is 1.90 bits per heavy atom. The van der Waals surface area contributed by atoms with Gasteiger partial charge in [0.2, 0.25) is 5.91 Å². The normalized spacial score (nSPS) is 21.0. The number of nitriles is 1. The van der Waals surface area contributed by atoms with Crippen LogP contribution in [0.25, 0.3) is 10.8 Å². The average Bonchev–Trinajstić information content (AvgIpc) is 2.91. The summed E-state index contributed by atoms with van der Waals surface area (Å²) in [6, 6.07) is 14.7. The van der Waals surface area contributed by atoms with Crippen LogP contribution in [-0.2, 0) is 15.1 Å². The summed E-state index contributed by atoms with van der Waals surface area (Å²) in [5.74, 6) is -1.20. The highest BCUT2D eigenvalue weighted by Crippen LogP contribution is 2.31. The lowest BCUT2D eigenvalue weighted by Crippen LogP contribution is -2.52. The molecule has 0 unspecified atom stereocenters. The molecule has 3 rings (SSSR count). The third-order valence-electron chi connectivity index (χ3n) is 5.69. The van der Waals surface area contributed by atoms with E-state index in [0.29, 0.717) is 5.56 Å². The molecule has 0 bridgehead atoms. The van der Waals surface area contributed by atoms with Crippen LogP contribution in [0.15, 0.2) is 42.5 Å². The third kappa shape index (κ3) is 3.54. The van der Waals surface area contributed by atoms with Crippen molar-refractivity contribution in [3.05, 3.63) is 48.0 Å². The highest BCUT2D eigenvalue weighted by Gasteiger charge is 2.49. The van der Waals surface area contributed by atoms with E-state index in [2.05, 4.69) is 16.7 Å². The zero-order chi connectivity index (χ0) is 21.4. The number of nitrogens with one attached hydrogen (secondary N) is 2. The standard InChI is InChI=1S/C22H24N4O3/c1-14(2)21(3,13-23)24-18(27)12-26-19(28)22(4,25-20(26)29)17-10-9-15-7-5-6-8-16(15)11-17/h5-11,14H,12H2,1-4H3,(H,24,27)(H,25,29)/t21-,22+/m1/s1. The quantitative estimate of drug-likeness (QED) is 0.764. The fourth-order valence-corrected chi connectivity index (χ4v) is 3.31. The second kappa shape index (κ2) is 7.21. The molecule has 0 aliphatic carbocycles. The number of hydrogen-bond donors (Lipinski definition) is 2. The fourth-order valence-electron chi connectivity index (χ4n) is 3.31. The Bertz CT molecular complexity index is 1040. The summed E-state index contributed by atoms with van der Waals surface area (Å²) >= 11 is 0. The minimum absolute atomic E-state index is 0.137. The predicted molar refractivity (Wildman–Crippen MR) is 109 cm³/mol. The molecule has 7 nitrogen and oxygen atoms in total. The Balaban J connectivity index is 1.83. The van der Waals surface area contributed by atoms with E-state index in [1.165, 1.54) is 0 Å². The van der Waals surface area contributed by atoms with Crippen LogP contribution in [-0.4, -0.2) is 34.8 Å². The van der Waals surface area contributed by atoms with Crippen LogP contribution in [0, 0.1) is 17.2 Å². The Morgan fingerprint density at radius 3 is 2.52 bits per heavy atom. The van der Waals surface area contributed by atoms with Crippen LogP contribution in [0.5, 0.6) is 0 Å². The fraction of sp³-hybridized carbons (Fsp3) is 0.364. The minimum Gasteiger partial charge on any atom is -0.336 e. The van der Waals surface area contributed by atoms with E-state index in [1.807, 2.05) is 50.2 Å². The van der Waals surface area contributed by atoms with Crippen molar-refractivity contribution in [1.29, 1.82) is 5.26 Å². The van der Waals surface area contributed by atoms with E-state index < -0.39 is 35.5 Å².